The molecule has 0 unspecified atom stereocenters. The number of unbranched alkanes of at least 4 members (excludes halogenated alkanes) is 1. The van der Waals surface area contributed by atoms with Crippen molar-refractivity contribution < 1.29 is 9.47 Å². The van der Waals surface area contributed by atoms with Gasteiger partial charge in [-0.05, 0) is 224 Å². The number of aryl methyl sites for hydroxylation is 1. The second kappa shape index (κ2) is 16.8. The molecule has 320 valence electrons. The molecule has 0 atom stereocenters. The molecule has 0 aliphatic heterocycles. The van der Waals surface area contributed by atoms with Crippen LogP contribution in [0.5, 0.6) is 11.5 Å². The summed E-state index contributed by atoms with van der Waals surface area (Å²) in [4.78, 5) is 0. The average molecular weight is 815 g/mol. The summed E-state index contributed by atoms with van der Waals surface area (Å²) in [7, 11) is 3.41. The molecule has 8 bridgehead atoms. The van der Waals surface area contributed by atoms with Crippen LogP contribution in [0.15, 0.2) is 42.5 Å². The molecule has 0 aromatic heterocycles. The van der Waals surface area contributed by atoms with Gasteiger partial charge in [-0.15, -0.1) is 0 Å². The zero-order chi connectivity index (χ0) is 41.2. The predicted octanol–water partition coefficient (Wildman–Crippen LogP) is 15.0. The maximum absolute atomic E-state index is 6.85. The van der Waals surface area contributed by atoms with E-state index >= 15 is 0 Å². The Hall–Kier alpha value is -2.31. The van der Waals surface area contributed by atoms with E-state index in [1.165, 1.54) is 123 Å². The van der Waals surface area contributed by atoms with Crippen molar-refractivity contribution in [2.75, 3.05) is 14.2 Å². The lowest BCUT2D eigenvalue weighted by atomic mass is 9.55. The molecule has 0 radical (unpaired) electrons. The van der Waals surface area contributed by atoms with Crippen LogP contribution in [0.3, 0.4) is 0 Å². The zero-order valence-electron chi connectivity index (χ0n) is 38.7. The van der Waals surface area contributed by atoms with Crippen LogP contribution in [0.25, 0.3) is 22.3 Å². The lowest BCUT2D eigenvalue weighted by Gasteiger charge is -2.67. The van der Waals surface area contributed by atoms with E-state index in [0.717, 1.165) is 66.9 Å². The summed E-state index contributed by atoms with van der Waals surface area (Å²) < 4.78 is 13.6. The van der Waals surface area contributed by atoms with Crippen molar-refractivity contribution in [1.82, 2.24) is 0 Å². The summed E-state index contributed by atoms with van der Waals surface area (Å²) in [6.07, 6.45) is 24.7. The average Bonchev–Trinajstić information content (AvgIpc) is 3.16. The van der Waals surface area contributed by atoms with Crippen molar-refractivity contribution in [2.24, 2.45) is 53.3 Å². The Morgan fingerprint density at radius 3 is 1.42 bits per heavy atom. The van der Waals surface area contributed by atoms with Gasteiger partial charge in [0.05, 0.1) is 14.2 Å². The van der Waals surface area contributed by atoms with E-state index in [2.05, 4.69) is 90.9 Å². The van der Waals surface area contributed by atoms with E-state index in [-0.39, 0.29) is 0 Å². The highest BCUT2D eigenvalue weighted by Gasteiger charge is 2.64. The monoisotopic (exact) mass is 815 g/mol. The summed E-state index contributed by atoms with van der Waals surface area (Å²) in [6.45, 7) is 17.0. The Balaban J connectivity index is 1.37. The van der Waals surface area contributed by atoms with Gasteiger partial charge in [0, 0.05) is 10.9 Å². The van der Waals surface area contributed by atoms with Gasteiger partial charge < -0.3 is 9.47 Å². The number of rotatable bonds is 16. The molecule has 3 aromatic carbocycles. The maximum Gasteiger partial charge on any atom is 0.127 e. The number of methoxy groups -OCH3 is 2. The minimum absolute atomic E-state index is 0.412. The van der Waals surface area contributed by atoms with Crippen molar-refractivity contribution in [3.8, 4) is 33.8 Å². The molecule has 2 nitrogen and oxygen atoms in total. The van der Waals surface area contributed by atoms with Gasteiger partial charge in [0.15, 0.2) is 0 Å². The molecule has 0 N–H and O–H groups in total. The fourth-order valence-corrected chi connectivity index (χ4v) is 21.0. The first-order valence-electron chi connectivity index (χ1n) is 24.7. The lowest BCUT2D eigenvalue weighted by Crippen LogP contribution is -2.58. The topological polar surface area (TPSA) is 18.5 Å². The van der Waals surface area contributed by atoms with Crippen molar-refractivity contribution >= 4 is 13.2 Å². The van der Waals surface area contributed by atoms with Crippen LogP contribution in [0.4, 0.5) is 0 Å². The summed E-state index contributed by atoms with van der Waals surface area (Å²) in [5.41, 5.74) is 12.0. The van der Waals surface area contributed by atoms with Gasteiger partial charge in [0.25, 0.3) is 0 Å². The molecule has 3 heteroatoms. The van der Waals surface area contributed by atoms with E-state index < -0.39 is 7.92 Å². The van der Waals surface area contributed by atoms with Gasteiger partial charge in [-0.3, -0.25) is 0 Å². The molecule has 8 aliphatic carbocycles. The SMILES string of the molecule is CCCCc1ccc(-c2c(CC(C)C)cc(CC(C)C)c(-c3c(OC)ccc(OC)c3P(C34CC5CC(CC(C5)C3)C4)C34CC5CC(CC(C5)C3)C4)c2CC(C)C)cc1. The van der Waals surface area contributed by atoms with Crippen LogP contribution in [-0.4, -0.2) is 24.5 Å². The summed E-state index contributed by atoms with van der Waals surface area (Å²) in [5.74, 6) is 9.47. The Labute approximate surface area is 361 Å². The molecule has 0 heterocycles. The Morgan fingerprint density at radius 1 is 0.559 bits per heavy atom. The van der Waals surface area contributed by atoms with E-state index in [4.69, 9.17) is 9.47 Å². The second-order valence-corrected chi connectivity index (χ2v) is 25.8. The zero-order valence-corrected chi connectivity index (χ0v) is 39.6. The fraction of sp³-hybridized carbons (Fsp3) is 0.679. The third-order valence-electron chi connectivity index (χ3n) is 16.5. The molecular formula is C56H79O2P. The number of hydrogen-bond acceptors (Lipinski definition) is 2. The van der Waals surface area contributed by atoms with Gasteiger partial charge in [0.1, 0.15) is 11.5 Å². The molecule has 0 saturated heterocycles. The highest BCUT2D eigenvalue weighted by Crippen LogP contribution is 2.79. The van der Waals surface area contributed by atoms with Crippen LogP contribution < -0.4 is 14.8 Å². The molecule has 11 rings (SSSR count). The quantitative estimate of drug-likeness (QED) is 0.134. The number of hydrogen-bond donors (Lipinski definition) is 0. The first kappa shape index (κ1) is 42.0. The van der Waals surface area contributed by atoms with Crippen LogP contribution in [0.2, 0.25) is 0 Å². The molecule has 8 saturated carbocycles. The van der Waals surface area contributed by atoms with Crippen molar-refractivity contribution in [3.63, 3.8) is 0 Å². The van der Waals surface area contributed by atoms with Crippen molar-refractivity contribution in [3.05, 3.63) is 64.7 Å². The van der Waals surface area contributed by atoms with Crippen LogP contribution in [0.1, 0.15) is 161 Å². The first-order chi connectivity index (χ1) is 28.4. The van der Waals surface area contributed by atoms with Crippen molar-refractivity contribution in [1.29, 1.82) is 0 Å². The summed E-state index contributed by atoms with van der Waals surface area (Å²) >= 11 is 0. The first-order valence-corrected chi connectivity index (χ1v) is 26.1. The third kappa shape index (κ3) is 7.88. The van der Waals surface area contributed by atoms with E-state index in [1.807, 2.05) is 14.2 Å². The molecule has 3 aromatic rings. The van der Waals surface area contributed by atoms with Gasteiger partial charge in [-0.2, -0.15) is 0 Å². The number of ether oxygens (including phenoxy) is 2. The standard InChI is InChI=1S/C56H79O2P/c1-10-11-12-38-13-15-45(16-14-38)51-46(19-35(2)3)28-47(20-36(4)5)52(48(51)21-37(6)7)53-49(57-8)17-18-50(58-9)54(53)59(55-29-39-22-40(30-55)24-41(23-39)31-55)56-32-42-25-43(33-56)27-44(26-42)34-56/h13-18,28,35-37,39-44H,10-12,19-27,29-34H2,1-9H3. The van der Waals surface area contributed by atoms with Crippen LogP contribution in [0, 0.1) is 53.3 Å². The van der Waals surface area contributed by atoms with Crippen molar-refractivity contribution in [2.45, 2.75) is 174 Å². The minimum atomic E-state index is -0.563. The van der Waals surface area contributed by atoms with Gasteiger partial charge in [-0.1, -0.05) is 93.1 Å². The molecule has 0 amide bonds. The van der Waals surface area contributed by atoms with Crippen LogP contribution in [-0.2, 0) is 25.7 Å². The van der Waals surface area contributed by atoms with E-state index in [1.54, 1.807) is 22.0 Å². The third-order valence-corrected chi connectivity index (χ3v) is 20.4. The van der Waals surface area contributed by atoms with E-state index in [9.17, 15) is 0 Å². The Kier molecular flexibility index (Phi) is 11.9. The van der Waals surface area contributed by atoms with Gasteiger partial charge in [-0.25, -0.2) is 0 Å². The Bertz CT molecular complexity index is 1850. The highest BCUT2D eigenvalue weighted by atomic mass is 31.1. The Morgan fingerprint density at radius 2 is 1.00 bits per heavy atom. The van der Waals surface area contributed by atoms with Gasteiger partial charge >= 0.3 is 0 Å². The second-order valence-electron chi connectivity index (χ2n) is 22.8. The minimum Gasteiger partial charge on any atom is -0.496 e. The molecule has 59 heavy (non-hydrogen) atoms. The number of benzene rings is 3. The van der Waals surface area contributed by atoms with Crippen LogP contribution >= 0.6 is 7.92 Å². The lowest BCUT2D eigenvalue weighted by molar-refractivity contribution is 0.0195. The largest absolute Gasteiger partial charge is 0.496 e. The maximum atomic E-state index is 6.85. The smallest absolute Gasteiger partial charge is 0.127 e. The fourth-order valence-electron chi connectivity index (χ4n) is 15.6. The molecule has 0 spiro atoms. The normalized spacial score (nSPS) is 30.9. The summed E-state index contributed by atoms with van der Waals surface area (Å²) in [5, 5.41) is 2.46. The van der Waals surface area contributed by atoms with E-state index in [0.29, 0.717) is 28.1 Å². The predicted molar refractivity (Wildman–Crippen MR) is 253 cm³/mol. The highest BCUT2D eigenvalue weighted by molar-refractivity contribution is 7.69. The molecule has 8 aliphatic rings. The molecule has 8 fully saturated rings. The van der Waals surface area contributed by atoms with Gasteiger partial charge in [0.2, 0.25) is 0 Å². The summed E-state index contributed by atoms with van der Waals surface area (Å²) in [6, 6.07) is 17.3. The molecular weight excluding hydrogens is 736 g/mol.